The predicted octanol–water partition coefficient (Wildman–Crippen LogP) is 12.6. The van der Waals surface area contributed by atoms with Crippen LogP contribution in [0.4, 0.5) is 22.8 Å². The minimum Gasteiger partial charge on any atom is -1.00 e. The molecule has 3 radical (unpaired) electrons. The van der Waals surface area contributed by atoms with Crippen LogP contribution in [-0.4, -0.2) is 120 Å². The van der Waals surface area contributed by atoms with Crippen LogP contribution in [0.15, 0.2) is 76.0 Å². The van der Waals surface area contributed by atoms with Crippen LogP contribution in [0, 0.1) is 73.1 Å². The summed E-state index contributed by atoms with van der Waals surface area (Å²) in [6.45, 7) is 41.3. The Bertz CT molecular complexity index is 3320. The first kappa shape index (κ1) is 81.9. The number of aliphatic imine (C=N–C) groups is 1. The molecular weight excluding hydrogens is 1270 g/mol. The molecule has 4 N–H and O–H groups in total. The van der Waals surface area contributed by atoms with Gasteiger partial charge in [0.2, 0.25) is 5.88 Å². The van der Waals surface area contributed by atoms with Gasteiger partial charge < -0.3 is 44.8 Å². The van der Waals surface area contributed by atoms with E-state index in [4.69, 9.17) is 18.8 Å². The number of hydrogen-bond acceptors (Lipinski definition) is 14. The van der Waals surface area contributed by atoms with Crippen molar-refractivity contribution in [1.29, 1.82) is 0 Å². The molecule has 2 amide bonds. The molecular formula is C67H95B2BrF3N3NaO13S. The van der Waals surface area contributed by atoms with Gasteiger partial charge in [-0.1, -0.05) is 54.9 Å². The third kappa shape index (κ3) is 23.4. The summed E-state index contributed by atoms with van der Waals surface area (Å²) in [6, 6.07) is 15.5. The zero-order chi connectivity index (χ0) is 67.9. The molecule has 0 saturated carbocycles. The molecule has 0 spiro atoms. The van der Waals surface area contributed by atoms with Crippen LogP contribution in [0.2, 0.25) is 0 Å². The molecule has 3 unspecified atom stereocenters. The second kappa shape index (κ2) is 32.8. The average Bonchev–Trinajstić information content (AvgIpc) is 1.56. The van der Waals surface area contributed by atoms with Gasteiger partial charge in [-0.2, -0.15) is 21.6 Å². The number of phenols is 4. The van der Waals surface area contributed by atoms with Crippen LogP contribution in [0.3, 0.4) is 0 Å². The van der Waals surface area contributed by atoms with Crippen LogP contribution >= 0.6 is 15.9 Å². The van der Waals surface area contributed by atoms with E-state index in [1.807, 2.05) is 152 Å². The summed E-state index contributed by atoms with van der Waals surface area (Å²) in [5.41, 5.74) is 4.50. The van der Waals surface area contributed by atoms with Crippen LogP contribution in [0.25, 0.3) is 5.70 Å². The van der Waals surface area contributed by atoms with Crippen molar-refractivity contribution in [1.82, 2.24) is 9.80 Å². The molecule has 0 aliphatic carbocycles. The number of halogens is 4. The number of hydrogen-bond donors (Lipinski definition) is 4. The molecule has 16 nitrogen and oxygen atoms in total. The first-order valence-corrected chi connectivity index (χ1v) is 32.0. The minimum atomic E-state index is -5.84. The molecule has 497 valence electrons. The van der Waals surface area contributed by atoms with E-state index in [9.17, 15) is 51.6 Å². The van der Waals surface area contributed by atoms with Gasteiger partial charge in [-0.25, -0.2) is 14.5 Å². The second-order valence-electron chi connectivity index (χ2n) is 26.8. The summed E-state index contributed by atoms with van der Waals surface area (Å²) in [6.07, 6.45) is 5.41. The summed E-state index contributed by atoms with van der Waals surface area (Å²) in [5.74, 6) is 1.79. The molecule has 3 atom stereocenters. The number of carbonyl (C=O) groups is 2. The fraction of sp³-hybridized carbons (Fsp3) is 0.537. The van der Waals surface area contributed by atoms with Gasteiger partial charge in [0.1, 0.15) is 34.2 Å². The Kier molecular flexibility index (Phi) is 29.5. The molecule has 0 aromatic heterocycles. The number of benzene rings is 4. The van der Waals surface area contributed by atoms with Crippen molar-refractivity contribution < 1.29 is 106 Å². The Morgan fingerprint density at radius 3 is 1.37 bits per heavy atom. The van der Waals surface area contributed by atoms with Gasteiger partial charge in [0.05, 0.1) is 16.9 Å². The topological polar surface area (TPSA) is 214 Å². The van der Waals surface area contributed by atoms with E-state index in [0.717, 1.165) is 96.1 Å². The molecule has 4 aliphatic rings. The Morgan fingerprint density at radius 1 is 0.626 bits per heavy atom. The number of phenolic OH excluding ortho intramolecular Hbond substituents is 4. The van der Waals surface area contributed by atoms with Crippen molar-refractivity contribution in [2.24, 2.45) is 22.7 Å². The number of ether oxygens (including phenoxy) is 2. The second-order valence-corrected chi connectivity index (χ2v) is 29.3. The summed E-state index contributed by atoms with van der Waals surface area (Å²) in [7, 11) is -6.21. The van der Waals surface area contributed by atoms with Crippen LogP contribution in [0.5, 0.6) is 23.0 Å². The number of allylic oxidation sites excluding steroid dienone is 2. The van der Waals surface area contributed by atoms with E-state index < -0.39 is 38.8 Å². The van der Waals surface area contributed by atoms with E-state index in [-0.39, 0.29) is 82.7 Å². The fourth-order valence-corrected chi connectivity index (χ4v) is 10.7. The molecule has 4 aliphatic heterocycles. The van der Waals surface area contributed by atoms with E-state index >= 15 is 0 Å². The number of amides is 2. The van der Waals surface area contributed by atoms with Crippen molar-refractivity contribution in [2.75, 3.05) is 19.6 Å². The Balaban J connectivity index is 0.000000582. The molecule has 4 aromatic rings. The van der Waals surface area contributed by atoms with Crippen molar-refractivity contribution in [3.05, 3.63) is 127 Å². The zero-order valence-electron chi connectivity index (χ0n) is 58.3. The molecule has 91 heavy (non-hydrogen) atoms. The van der Waals surface area contributed by atoms with Crippen molar-refractivity contribution in [3.8, 4) is 23.0 Å². The fourth-order valence-electron chi connectivity index (χ4n) is 9.57. The molecule has 1 saturated heterocycles. The molecule has 1 fully saturated rings. The van der Waals surface area contributed by atoms with E-state index in [1.54, 1.807) is 32.6 Å². The standard InChI is InChI=1S/C19H27NO3.C14H21BO3.C14H19NO.C12H18F3NO5S.C8H9BrO.B.Na.H/c1-12-7-8-16(15-9-13(2)17(21)14(3)10-15)20(11-12)18(22)23-19(4,5)6;1-9-7-11(8-10(2)12(9)16)15-17-13(3,4)14(5,6)18-15;1-9-4-5-13(15-8-9)12-6-10(2)14(16)11(3)7-12;1-8-5-6-9(21-22(18,19)12(13,14)15)16(7-8)10(17)20-11(2,3)4;1-5-3-7(9)4-6(2)8(5)10;;;/h8-10,12,21H,7,11H2,1-6H3;7-8,16H,1-6H3;6-7,9,16H,4-5,8H2,1-3H3;6,8H,5,7H2,1-4H3;3-4,10H,1-2H3;;;/q;;;;;;+1;-1. The van der Waals surface area contributed by atoms with E-state index in [0.29, 0.717) is 41.4 Å². The SMILES string of the molecule is CC1CC=C(OS(=O)(=O)C(F)(F)F)N(C(=O)OC(C)(C)C)C1.Cc1cc(B2OC(C)(C)C(C)(C)O2)cc(C)c1O.Cc1cc(Br)cc(C)c1O.Cc1cc(C2=CCC(C)CN2C(=O)OC(C)(C)C)cc(C)c1O.Cc1cc(C2=NCC(C)CC2)cc(C)c1O.[B].[H-].[Na+]. The maximum atomic E-state index is 12.6. The van der Waals surface area contributed by atoms with E-state index in [2.05, 4.69) is 45.0 Å². The molecule has 4 aromatic carbocycles. The van der Waals surface area contributed by atoms with Crippen molar-refractivity contribution in [2.45, 2.75) is 199 Å². The summed E-state index contributed by atoms with van der Waals surface area (Å²) in [4.78, 5) is 31.7. The normalized spacial score (nSPS) is 18.6. The minimum absolute atomic E-state index is 0. The molecule has 0 bridgehead atoms. The van der Waals surface area contributed by atoms with Gasteiger partial charge in [0, 0.05) is 38.2 Å². The van der Waals surface area contributed by atoms with Gasteiger partial charge in [0.25, 0.3) is 0 Å². The third-order valence-electron chi connectivity index (χ3n) is 15.2. The Labute approximate surface area is 573 Å². The summed E-state index contributed by atoms with van der Waals surface area (Å²) >= 11 is 3.34. The van der Waals surface area contributed by atoms with Gasteiger partial charge in [-0.15, -0.1) is 0 Å². The number of aryl methyl sites for hydroxylation is 8. The van der Waals surface area contributed by atoms with Crippen LogP contribution in [-0.2, 0) is 33.1 Å². The zero-order valence-corrected chi connectivity index (χ0v) is 61.7. The average molecular weight is 1360 g/mol. The van der Waals surface area contributed by atoms with Crippen LogP contribution < -0.4 is 35.0 Å². The number of carbonyl (C=O) groups excluding carboxylic acids is 2. The predicted molar refractivity (Wildman–Crippen MR) is 356 cm³/mol. The number of rotatable bonds is 5. The summed E-state index contributed by atoms with van der Waals surface area (Å²) in [5, 5.41) is 38.8. The largest absolute Gasteiger partial charge is 1.00 e. The van der Waals surface area contributed by atoms with Gasteiger partial charge in [-0.3, -0.25) is 9.89 Å². The third-order valence-corrected chi connectivity index (χ3v) is 16.6. The van der Waals surface area contributed by atoms with Crippen LogP contribution in [0.1, 0.15) is 173 Å². The number of aromatic hydroxyl groups is 4. The maximum Gasteiger partial charge on any atom is 1.00 e. The first-order valence-electron chi connectivity index (χ1n) is 29.8. The maximum absolute atomic E-state index is 12.6. The van der Waals surface area contributed by atoms with E-state index in [1.165, 1.54) is 17.7 Å². The van der Waals surface area contributed by atoms with Gasteiger partial charge in [-0.05, 0) is 272 Å². The number of nitrogens with zero attached hydrogens (tertiary/aromatic N) is 3. The Hall–Kier alpha value is -5.16. The Morgan fingerprint density at radius 2 is 0.989 bits per heavy atom. The number of alkyl halides is 3. The first-order chi connectivity index (χ1) is 40.6. The van der Waals surface area contributed by atoms with Crippen molar-refractivity contribution >= 4 is 70.6 Å². The molecule has 24 heteroatoms. The smallest absolute Gasteiger partial charge is 1.00 e. The molecule has 4 heterocycles. The monoisotopic (exact) mass is 1360 g/mol. The quantitative estimate of drug-likeness (QED) is 0.0832. The van der Waals surface area contributed by atoms with Gasteiger partial charge in [0.15, 0.2) is 0 Å². The van der Waals surface area contributed by atoms with Gasteiger partial charge >= 0.3 is 64.5 Å². The molecule has 8 rings (SSSR count). The summed E-state index contributed by atoms with van der Waals surface area (Å²) < 4.78 is 87.0. The van der Waals surface area contributed by atoms with Crippen molar-refractivity contribution in [3.63, 3.8) is 0 Å².